The monoisotopic (exact) mass is 335 g/mol. The lowest BCUT2D eigenvalue weighted by Crippen LogP contribution is -2.29. The van der Waals surface area contributed by atoms with Crippen molar-refractivity contribution in [2.24, 2.45) is 11.8 Å². The van der Waals surface area contributed by atoms with Gasteiger partial charge >= 0.3 is 0 Å². The molecule has 1 aromatic rings. The van der Waals surface area contributed by atoms with E-state index in [0.717, 1.165) is 11.1 Å². The van der Waals surface area contributed by atoms with Crippen LogP contribution in [0.25, 0.3) is 0 Å². The molecule has 1 fully saturated rings. The lowest BCUT2D eigenvalue weighted by atomic mass is 9.87. The van der Waals surface area contributed by atoms with Gasteiger partial charge in [0.05, 0.1) is 11.4 Å². The van der Waals surface area contributed by atoms with Crippen molar-refractivity contribution in [1.29, 1.82) is 0 Å². The quantitative estimate of drug-likeness (QED) is 0.794. The third kappa shape index (κ3) is 3.56. The molecule has 0 N–H and O–H groups in total. The lowest BCUT2D eigenvalue weighted by Gasteiger charge is -2.19. The van der Waals surface area contributed by atoms with Gasteiger partial charge in [-0.15, -0.1) is 0 Å². The van der Waals surface area contributed by atoms with Crippen LogP contribution in [0.3, 0.4) is 0 Å². The average molecular weight is 335 g/mol. The van der Waals surface area contributed by atoms with Gasteiger partial charge in [-0.25, -0.2) is 8.42 Å². The third-order valence-electron chi connectivity index (χ3n) is 4.24. The van der Waals surface area contributed by atoms with E-state index in [2.05, 4.69) is 0 Å². The summed E-state index contributed by atoms with van der Waals surface area (Å²) >= 11 is 0. The number of ketones is 1. The van der Waals surface area contributed by atoms with Gasteiger partial charge in [0.1, 0.15) is 0 Å². The molecule has 0 radical (unpaired) electrons. The predicted molar refractivity (Wildman–Crippen MR) is 91.6 cm³/mol. The molecule has 1 heterocycles. The van der Waals surface area contributed by atoms with Gasteiger partial charge in [0, 0.05) is 12.1 Å². The van der Waals surface area contributed by atoms with Crippen LogP contribution in [0.2, 0.25) is 0 Å². The Labute approximate surface area is 139 Å². The summed E-state index contributed by atoms with van der Waals surface area (Å²) in [6.45, 7) is 10.2. The van der Waals surface area contributed by atoms with Crippen LogP contribution >= 0.6 is 0 Å². The minimum Gasteiger partial charge on any atom is -0.293 e. The Kier molecular flexibility index (Phi) is 5.11. The molecular formula is C18H25NO3S. The first-order chi connectivity index (χ1) is 10.6. The average Bonchev–Trinajstić information content (AvgIpc) is 2.81. The van der Waals surface area contributed by atoms with Crippen molar-refractivity contribution in [3.05, 3.63) is 41.0 Å². The van der Waals surface area contributed by atoms with E-state index in [9.17, 15) is 13.2 Å². The molecule has 1 aliphatic rings. The van der Waals surface area contributed by atoms with E-state index in [1.165, 1.54) is 4.31 Å². The van der Waals surface area contributed by atoms with Crippen LogP contribution in [0, 0.1) is 18.8 Å². The predicted octanol–water partition coefficient (Wildman–Crippen LogP) is 3.18. The number of sulfonamides is 1. The summed E-state index contributed by atoms with van der Waals surface area (Å²) in [5.74, 6) is 0.394. The Balaban J connectivity index is 2.39. The van der Waals surface area contributed by atoms with Crippen molar-refractivity contribution in [2.45, 2.75) is 39.5 Å². The van der Waals surface area contributed by atoms with E-state index in [1.54, 1.807) is 24.3 Å². The minimum atomic E-state index is -3.63. The third-order valence-corrected chi connectivity index (χ3v) is 6.05. The molecule has 0 amide bonds. The fourth-order valence-electron chi connectivity index (χ4n) is 3.22. The number of carbonyl (C=O) groups excluding carboxylic acids is 1. The fourth-order valence-corrected chi connectivity index (χ4v) is 4.59. The first kappa shape index (κ1) is 17.9. The fraction of sp³-hybridized carbons (Fsp3) is 0.500. The number of Topliss-reactive ketones (excluding diaryl/α,β-unsaturated/α-hetero) is 1. The molecule has 0 atom stereocenters. The number of nitrogens with zero attached hydrogens (tertiary/aromatic N) is 1. The summed E-state index contributed by atoms with van der Waals surface area (Å²) in [7, 11) is -3.63. The molecule has 2 rings (SSSR count). The van der Waals surface area contributed by atoms with Crippen molar-refractivity contribution < 1.29 is 13.2 Å². The zero-order valence-corrected chi connectivity index (χ0v) is 15.3. The molecule has 1 aliphatic heterocycles. The van der Waals surface area contributed by atoms with Crippen LogP contribution in [0.5, 0.6) is 0 Å². The van der Waals surface area contributed by atoms with Crippen LogP contribution in [-0.4, -0.2) is 31.6 Å². The molecule has 5 heteroatoms. The maximum atomic E-state index is 12.8. The number of aryl methyl sites for hydroxylation is 1. The van der Waals surface area contributed by atoms with Crippen molar-refractivity contribution in [3.8, 4) is 0 Å². The van der Waals surface area contributed by atoms with Crippen LogP contribution in [-0.2, 0) is 14.8 Å². The van der Waals surface area contributed by atoms with Crippen molar-refractivity contribution in [1.82, 2.24) is 4.31 Å². The molecule has 0 saturated carbocycles. The summed E-state index contributed by atoms with van der Waals surface area (Å²) in [4.78, 5) is 12.6. The van der Waals surface area contributed by atoms with Crippen LogP contribution in [0.4, 0.5) is 0 Å². The highest BCUT2D eigenvalue weighted by atomic mass is 32.2. The zero-order chi connectivity index (χ0) is 17.4. The SMILES string of the molecule is Cc1ccc(S(=O)(=O)N2CC(=O)C(=C(C(C)C)C(C)C)C2)cc1. The van der Waals surface area contributed by atoms with Crippen molar-refractivity contribution >= 4 is 15.8 Å². The second kappa shape index (κ2) is 6.57. The van der Waals surface area contributed by atoms with Crippen molar-refractivity contribution in [2.75, 3.05) is 13.1 Å². The highest BCUT2D eigenvalue weighted by Crippen LogP contribution is 2.30. The summed E-state index contributed by atoms with van der Waals surface area (Å²) in [5.41, 5.74) is 2.74. The molecule has 0 aliphatic carbocycles. The Bertz CT molecular complexity index is 718. The molecule has 0 unspecified atom stereocenters. The molecule has 0 bridgehead atoms. The van der Waals surface area contributed by atoms with Crippen LogP contribution in [0.15, 0.2) is 40.3 Å². The highest BCUT2D eigenvalue weighted by molar-refractivity contribution is 7.89. The van der Waals surface area contributed by atoms with E-state index < -0.39 is 10.0 Å². The molecule has 1 saturated heterocycles. The summed E-state index contributed by atoms with van der Waals surface area (Å²) in [5, 5.41) is 0. The normalized spacial score (nSPS) is 16.7. The Morgan fingerprint density at radius 1 is 1.00 bits per heavy atom. The maximum absolute atomic E-state index is 12.8. The van der Waals surface area contributed by atoms with Gasteiger partial charge in [0.15, 0.2) is 5.78 Å². The summed E-state index contributed by atoms with van der Waals surface area (Å²) in [6, 6.07) is 6.75. The molecule has 0 spiro atoms. The Hall–Kier alpha value is -1.46. The van der Waals surface area contributed by atoms with E-state index in [-0.39, 0.29) is 35.6 Å². The summed E-state index contributed by atoms with van der Waals surface area (Å²) < 4.78 is 26.8. The second-order valence-electron chi connectivity index (χ2n) is 6.75. The largest absolute Gasteiger partial charge is 0.293 e. The number of rotatable bonds is 4. The first-order valence-corrected chi connectivity index (χ1v) is 9.41. The second-order valence-corrected chi connectivity index (χ2v) is 8.69. The van der Waals surface area contributed by atoms with Gasteiger partial charge in [-0.2, -0.15) is 4.31 Å². The minimum absolute atomic E-state index is 0.0610. The molecule has 4 nitrogen and oxygen atoms in total. The molecule has 0 aromatic heterocycles. The first-order valence-electron chi connectivity index (χ1n) is 7.97. The molecule has 23 heavy (non-hydrogen) atoms. The molecule has 126 valence electrons. The number of hydrogen-bond donors (Lipinski definition) is 0. The summed E-state index contributed by atoms with van der Waals surface area (Å²) in [6.07, 6.45) is 0. The number of carbonyl (C=O) groups is 1. The number of allylic oxidation sites excluding steroid dienone is 1. The van der Waals surface area contributed by atoms with Gasteiger partial charge in [-0.1, -0.05) is 51.0 Å². The molecular weight excluding hydrogens is 310 g/mol. The smallest absolute Gasteiger partial charge is 0.243 e. The van der Waals surface area contributed by atoms with E-state index in [1.807, 2.05) is 34.6 Å². The van der Waals surface area contributed by atoms with Gasteiger partial charge in [0.2, 0.25) is 10.0 Å². The van der Waals surface area contributed by atoms with E-state index >= 15 is 0 Å². The number of hydrogen-bond acceptors (Lipinski definition) is 3. The highest BCUT2D eigenvalue weighted by Gasteiger charge is 2.36. The number of benzene rings is 1. The van der Waals surface area contributed by atoms with Crippen LogP contribution in [0.1, 0.15) is 33.3 Å². The van der Waals surface area contributed by atoms with E-state index in [0.29, 0.717) is 5.57 Å². The maximum Gasteiger partial charge on any atom is 0.243 e. The topological polar surface area (TPSA) is 54.5 Å². The van der Waals surface area contributed by atoms with E-state index in [4.69, 9.17) is 0 Å². The standard InChI is InChI=1S/C18H25NO3S/c1-12(2)18(13(3)4)16-10-19(11-17(16)20)23(21,22)15-8-6-14(5)7-9-15/h6-9,12-13H,10-11H2,1-5H3. The van der Waals surface area contributed by atoms with Gasteiger partial charge < -0.3 is 0 Å². The lowest BCUT2D eigenvalue weighted by molar-refractivity contribution is -0.114. The zero-order valence-electron chi connectivity index (χ0n) is 14.5. The Morgan fingerprint density at radius 2 is 1.52 bits per heavy atom. The Morgan fingerprint density at radius 3 is 2.00 bits per heavy atom. The van der Waals surface area contributed by atoms with Crippen LogP contribution < -0.4 is 0 Å². The van der Waals surface area contributed by atoms with Gasteiger partial charge in [-0.3, -0.25) is 4.79 Å². The van der Waals surface area contributed by atoms with Gasteiger partial charge in [-0.05, 0) is 30.9 Å². The van der Waals surface area contributed by atoms with Gasteiger partial charge in [0.25, 0.3) is 0 Å². The molecule has 1 aromatic carbocycles. The van der Waals surface area contributed by atoms with Crippen molar-refractivity contribution in [3.63, 3.8) is 0 Å².